The zero-order chi connectivity index (χ0) is 10.8. The summed E-state index contributed by atoms with van der Waals surface area (Å²) in [5.74, 6) is 0. The van der Waals surface area contributed by atoms with Crippen LogP contribution in [0.2, 0.25) is 0 Å². The van der Waals surface area contributed by atoms with Gasteiger partial charge in [-0.05, 0) is 26.0 Å². The first-order chi connectivity index (χ1) is 6.45. The van der Waals surface area contributed by atoms with E-state index in [1.54, 1.807) is 12.1 Å². The van der Waals surface area contributed by atoms with E-state index in [0.717, 1.165) is 4.47 Å². The molecule has 1 unspecified atom stereocenters. The molecule has 1 nitrogen and oxygen atoms in total. The molecule has 0 aromatic heterocycles. The van der Waals surface area contributed by atoms with Crippen LogP contribution in [0, 0.1) is 6.57 Å². The van der Waals surface area contributed by atoms with E-state index >= 15 is 0 Å². The summed E-state index contributed by atoms with van der Waals surface area (Å²) >= 11 is 3.30. The average Bonchev–Trinajstić information content (AvgIpc) is 2.02. The lowest BCUT2D eigenvalue weighted by atomic mass is 9.94. The Morgan fingerprint density at radius 2 is 2.14 bits per heavy atom. The molecule has 0 aliphatic rings. The van der Waals surface area contributed by atoms with Crippen molar-refractivity contribution in [1.29, 1.82) is 0 Å². The molecule has 0 spiro atoms. The second-order valence-corrected chi connectivity index (χ2v) is 4.57. The first kappa shape index (κ1) is 11.2. The van der Waals surface area contributed by atoms with Gasteiger partial charge in [0.15, 0.2) is 5.67 Å². The molecule has 1 rings (SSSR count). The monoisotopic (exact) mass is 255 g/mol. The summed E-state index contributed by atoms with van der Waals surface area (Å²) in [7, 11) is 0. The lowest BCUT2D eigenvalue weighted by Crippen LogP contribution is -2.21. The van der Waals surface area contributed by atoms with Gasteiger partial charge in [-0.2, -0.15) is 0 Å². The second kappa shape index (κ2) is 4.10. The number of hydrogen-bond acceptors (Lipinski definition) is 0. The van der Waals surface area contributed by atoms with E-state index in [1.165, 1.54) is 13.8 Å². The number of alkyl halides is 1. The van der Waals surface area contributed by atoms with Gasteiger partial charge in [-0.1, -0.05) is 28.1 Å². The molecule has 14 heavy (non-hydrogen) atoms. The smallest absolute Gasteiger partial charge is 0.281 e. The van der Waals surface area contributed by atoms with Crippen LogP contribution in [0.4, 0.5) is 4.39 Å². The van der Waals surface area contributed by atoms with Crippen LogP contribution in [-0.2, 0) is 0 Å². The summed E-state index contributed by atoms with van der Waals surface area (Å²) < 4.78 is 14.5. The van der Waals surface area contributed by atoms with Crippen LogP contribution >= 0.6 is 15.9 Å². The molecule has 0 bridgehead atoms. The molecule has 0 aliphatic carbocycles. The number of rotatable bonds is 2. The maximum absolute atomic E-state index is 13.6. The molecule has 1 atom stereocenters. The standard InChI is InChI=1S/C11H11BrFN/c1-11(2,13)10(14-3)8-5-4-6-9(12)7-8/h4-7,10H,1-2H3. The quantitative estimate of drug-likeness (QED) is 0.700. The van der Waals surface area contributed by atoms with Crippen molar-refractivity contribution < 1.29 is 4.39 Å². The third-order valence-corrected chi connectivity index (χ3v) is 2.44. The largest absolute Gasteiger partial charge is 0.305 e. The number of benzene rings is 1. The molecule has 0 saturated carbocycles. The van der Waals surface area contributed by atoms with Gasteiger partial charge in [0.25, 0.3) is 6.04 Å². The first-order valence-corrected chi connectivity index (χ1v) is 5.05. The Hall–Kier alpha value is -0.880. The van der Waals surface area contributed by atoms with Crippen molar-refractivity contribution in [1.82, 2.24) is 0 Å². The third kappa shape index (κ3) is 2.55. The molecule has 1 aromatic rings. The summed E-state index contributed by atoms with van der Waals surface area (Å²) in [5.41, 5.74) is -0.801. The Morgan fingerprint density at radius 3 is 2.57 bits per heavy atom. The Kier molecular flexibility index (Phi) is 3.28. The van der Waals surface area contributed by atoms with Crippen molar-refractivity contribution in [2.45, 2.75) is 25.6 Å². The zero-order valence-electron chi connectivity index (χ0n) is 8.09. The molecule has 0 aliphatic heterocycles. The second-order valence-electron chi connectivity index (χ2n) is 3.65. The van der Waals surface area contributed by atoms with Crippen LogP contribution in [0.25, 0.3) is 4.85 Å². The van der Waals surface area contributed by atoms with E-state index in [1.807, 2.05) is 12.1 Å². The minimum Gasteiger partial charge on any atom is -0.305 e. The van der Waals surface area contributed by atoms with E-state index in [9.17, 15) is 4.39 Å². The molecule has 74 valence electrons. The minimum absolute atomic E-state index is 0.710. The van der Waals surface area contributed by atoms with Gasteiger partial charge >= 0.3 is 0 Å². The highest BCUT2D eigenvalue weighted by molar-refractivity contribution is 9.10. The minimum atomic E-state index is -1.51. The molecule has 0 radical (unpaired) electrons. The molecule has 0 fully saturated rings. The summed E-state index contributed by atoms with van der Waals surface area (Å²) in [6.45, 7) is 9.85. The maximum Gasteiger partial charge on any atom is 0.281 e. The van der Waals surface area contributed by atoms with Gasteiger partial charge < -0.3 is 4.85 Å². The Morgan fingerprint density at radius 1 is 1.50 bits per heavy atom. The third-order valence-electron chi connectivity index (χ3n) is 1.94. The van der Waals surface area contributed by atoms with Crippen LogP contribution in [0.3, 0.4) is 0 Å². The van der Waals surface area contributed by atoms with Gasteiger partial charge in [0.1, 0.15) is 0 Å². The van der Waals surface area contributed by atoms with Gasteiger partial charge in [0.05, 0.1) is 0 Å². The predicted octanol–water partition coefficient (Wildman–Crippen LogP) is 4.16. The van der Waals surface area contributed by atoms with E-state index in [4.69, 9.17) is 6.57 Å². The van der Waals surface area contributed by atoms with Gasteiger partial charge in [-0.15, -0.1) is 0 Å². The highest BCUT2D eigenvalue weighted by Crippen LogP contribution is 2.33. The molecule has 0 heterocycles. The van der Waals surface area contributed by atoms with Crippen molar-refractivity contribution in [3.8, 4) is 0 Å². The Labute approximate surface area is 91.9 Å². The Bertz CT molecular complexity index is 362. The van der Waals surface area contributed by atoms with E-state index in [2.05, 4.69) is 20.8 Å². The number of halogens is 2. The highest BCUT2D eigenvalue weighted by atomic mass is 79.9. The fraction of sp³-hybridized carbons (Fsp3) is 0.364. The molecule has 1 aromatic carbocycles. The van der Waals surface area contributed by atoms with Crippen LogP contribution in [0.5, 0.6) is 0 Å². The summed E-state index contributed by atoms with van der Waals surface area (Å²) in [6, 6.07) is 6.48. The van der Waals surface area contributed by atoms with Crippen LogP contribution in [0.15, 0.2) is 28.7 Å². The molecule has 0 N–H and O–H groups in total. The van der Waals surface area contributed by atoms with Crippen molar-refractivity contribution in [3.63, 3.8) is 0 Å². The average molecular weight is 256 g/mol. The van der Waals surface area contributed by atoms with E-state index in [-0.39, 0.29) is 0 Å². The maximum atomic E-state index is 13.6. The number of hydrogen-bond donors (Lipinski definition) is 0. The molecule has 0 amide bonds. The van der Waals surface area contributed by atoms with Crippen molar-refractivity contribution in [2.75, 3.05) is 0 Å². The van der Waals surface area contributed by atoms with Crippen molar-refractivity contribution in [2.24, 2.45) is 0 Å². The summed E-state index contributed by atoms with van der Waals surface area (Å²) in [4.78, 5) is 3.32. The van der Waals surface area contributed by atoms with Crippen LogP contribution in [0.1, 0.15) is 25.5 Å². The fourth-order valence-electron chi connectivity index (χ4n) is 1.30. The highest BCUT2D eigenvalue weighted by Gasteiger charge is 2.36. The Balaban J connectivity index is 3.09. The first-order valence-electron chi connectivity index (χ1n) is 4.26. The van der Waals surface area contributed by atoms with Gasteiger partial charge in [-0.3, -0.25) is 0 Å². The lowest BCUT2D eigenvalue weighted by Gasteiger charge is -2.16. The molecular weight excluding hydrogens is 245 g/mol. The molecule has 3 heteroatoms. The van der Waals surface area contributed by atoms with Gasteiger partial charge in [0.2, 0.25) is 0 Å². The topological polar surface area (TPSA) is 4.36 Å². The van der Waals surface area contributed by atoms with E-state index < -0.39 is 11.7 Å². The van der Waals surface area contributed by atoms with Crippen LogP contribution < -0.4 is 0 Å². The SMILES string of the molecule is [C-]#[N+]C(c1cccc(Br)c1)C(C)(C)F. The van der Waals surface area contributed by atoms with Crippen molar-refractivity contribution >= 4 is 15.9 Å². The zero-order valence-corrected chi connectivity index (χ0v) is 9.68. The molecule has 0 saturated heterocycles. The van der Waals surface area contributed by atoms with Gasteiger partial charge in [0, 0.05) is 10.0 Å². The fourth-order valence-corrected chi connectivity index (χ4v) is 1.72. The predicted molar refractivity (Wildman–Crippen MR) is 58.7 cm³/mol. The summed E-state index contributed by atoms with van der Waals surface area (Å²) in [6.07, 6.45) is 0. The lowest BCUT2D eigenvalue weighted by molar-refractivity contribution is 0.193. The summed E-state index contributed by atoms with van der Waals surface area (Å²) in [5, 5.41) is 0. The van der Waals surface area contributed by atoms with Crippen LogP contribution in [-0.4, -0.2) is 5.67 Å². The van der Waals surface area contributed by atoms with E-state index in [0.29, 0.717) is 5.56 Å². The van der Waals surface area contributed by atoms with Gasteiger partial charge in [-0.25, -0.2) is 11.0 Å². The van der Waals surface area contributed by atoms with Crippen molar-refractivity contribution in [3.05, 3.63) is 45.7 Å². The molecular formula is C11H11BrFN. The normalized spacial score (nSPS) is 13.4. The number of nitrogens with zero attached hydrogens (tertiary/aromatic N) is 1.